The van der Waals surface area contributed by atoms with Crippen molar-refractivity contribution in [2.75, 3.05) is 14.1 Å². The highest BCUT2D eigenvalue weighted by Crippen LogP contribution is 2.45. The molecule has 4 rings (SSSR count). The Morgan fingerprint density at radius 3 is 2.29 bits per heavy atom. The smallest absolute Gasteiger partial charge is 0.250 e. The lowest BCUT2D eigenvalue weighted by Crippen LogP contribution is -2.44. The van der Waals surface area contributed by atoms with E-state index >= 15 is 0 Å². The lowest BCUT2D eigenvalue weighted by atomic mass is 9.75. The standard InChI is InChI=1S/C19H18N2O3/c1-20-16-12(8-9-13-15(16)19(24)21(2)17(13)22)14(18(20)23)10-11-6-4-3-5-7-11/h3-10,12-13,15-16H,1-2H3/b14-10-/t12-,13-,15-,16+/m0/s1. The average Bonchev–Trinajstić information content (AvgIpc) is 2.97. The van der Waals surface area contributed by atoms with Gasteiger partial charge in [0.2, 0.25) is 11.8 Å². The third-order valence-electron chi connectivity index (χ3n) is 5.38. The number of amides is 3. The second kappa shape index (κ2) is 5.16. The molecular formula is C19H18N2O3. The molecule has 0 unspecified atom stereocenters. The highest BCUT2D eigenvalue weighted by atomic mass is 16.2. The Morgan fingerprint density at radius 2 is 1.58 bits per heavy atom. The van der Waals surface area contributed by atoms with Crippen molar-refractivity contribution >= 4 is 23.8 Å². The van der Waals surface area contributed by atoms with Crippen molar-refractivity contribution in [3.63, 3.8) is 0 Å². The van der Waals surface area contributed by atoms with Crippen LogP contribution in [0.2, 0.25) is 0 Å². The van der Waals surface area contributed by atoms with Crippen LogP contribution in [0.15, 0.2) is 48.1 Å². The van der Waals surface area contributed by atoms with Crippen LogP contribution in [-0.4, -0.2) is 47.7 Å². The summed E-state index contributed by atoms with van der Waals surface area (Å²) in [5.74, 6) is -1.53. The highest BCUT2D eigenvalue weighted by molar-refractivity contribution is 6.08. The van der Waals surface area contributed by atoms with Gasteiger partial charge in [0, 0.05) is 25.6 Å². The molecule has 24 heavy (non-hydrogen) atoms. The molecule has 0 radical (unpaired) electrons. The third-order valence-corrected chi connectivity index (χ3v) is 5.38. The molecule has 5 nitrogen and oxygen atoms in total. The number of likely N-dealkylation sites (N-methyl/N-ethyl adjacent to an activating group) is 1. The van der Waals surface area contributed by atoms with E-state index in [9.17, 15) is 14.4 Å². The molecule has 0 bridgehead atoms. The molecule has 0 spiro atoms. The van der Waals surface area contributed by atoms with Crippen LogP contribution in [-0.2, 0) is 14.4 Å². The Morgan fingerprint density at radius 1 is 0.917 bits per heavy atom. The van der Waals surface area contributed by atoms with Gasteiger partial charge in [-0.25, -0.2) is 0 Å². The van der Waals surface area contributed by atoms with E-state index in [4.69, 9.17) is 0 Å². The molecule has 1 aromatic carbocycles. The van der Waals surface area contributed by atoms with E-state index in [2.05, 4.69) is 0 Å². The first kappa shape index (κ1) is 14.9. The maximum absolute atomic E-state index is 12.7. The van der Waals surface area contributed by atoms with Crippen molar-refractivity contribution in [1.29, 1.82) is 0 Å². The van der Waals surface area contributed by atoms with Gasteiger partial charge < -0.3 is 4.90 Å². The molecule has 0 saturated carbocycles. The molecule has 1 aliphatic carbocycles. The van der Waals surface area contributed by atoms with Crippen LogP contribution in [0, 0.1) is 17.8 Å². The lowest BCUT2D eigenvalue weighted by molar-refractivity contribution is -0.138. The number of hydrogen-bond donors (Lipinski definition) is 0. The fourth-order valence-electron chi connectivity index (χ4n) is 4.14. The maximum atomic E-state index is 12.7. The van der Waals surface area contributed by atoms with Crippen LogP contribution in [0.5, 0.6) is 0 Å². The zero-order chi connectivity index (χ0) is 17.0. The second-order valence-corrected chi connectivity index (χ2v) is 6.61. The molecule has 2 heterocycles. The van der Waals surface area contributed by atoms with Gasteiger partial charge in [0.15, 0.2) is 0 Å². The molecule has 3 aliphatic rings. The van der Waals surface area contributed by atoms with Crippen LogP contribution in [0.4, 0.5) is 0 Å². The minimum absolute atomic E-state index is 0.0750. The molecule has 2 saturated heterocycles. The van der Waals surface area contributed by atoms with Gasteiger partial charge in [0.1, 0.15) is 0 Å². The van der Waals surface area contributed by atoms with Gasteiger partial charge in [0.25, 0.3) is 5.91 Å². The predicted molar refractivity (Wildman–Crippen MR) is 88.4 cm³/mol. The van der Waals surface area contributed by atoms with Crippen molar-refractivity contribution in [3.8, 4) is 0 Å². The normalized spacial score (nSPS) is 33.4. The monoisotopic (exact) mass is 322 g/mol. The first-order valence-corrected chi connectivity index (χ1v) is 8.04. The van der Waals surface area contributed by atoms with Crippen LogP contribution in [0.3, 0.4) is 0 Å². The second-order valence-electron chi connectivity index (χ2n) is 6.61. The first-order valence-electron chi connectivity index (χ1n) is 8.04. The summed E-state index contributed by atoms with van der Waals surface area (Å²) in [6.45, 7) is 0. The summed E-state index contributed by atoms with van der Waals surface area (Å²) in [4.78, 5) is 40.3. The Balaban J connectivity index is 1.78. The summed E-state index contributed by atoms with van der Waals surface area (Å²) in [6, 6.07) is 9.38. The minimum atomic E-state index is -0.479. The Hall–Kier alpha value is -2.69. The van der Waals surface area contributed by atoms with Crippen LogP contribution >= 0.6 is 0 Å². The number of rotatable bonds is 1. The van der Waals surface area contributed by atoms with Crippen molar-refractivity contribution < 1.29 is 14.4 Å². The van der Waals surface area contributed by atoms with Crippen LogP contribution < -0.4 is 0 Å². The van der Waals surface area contributed by atoms with Gasteiger partial charge in [-0.05, 0) is 11.6 Å². The van der Waals surface area contributed by atoms with Gasteiger partial charge in [-0.3, -0.25) is 19.3 Å². The van der Waals surface area contributed by atoms with Crippen molar-refractivity contribution in [3.05, 3.63) is 53.6 Å². The number of hydrogen-bond acceptors (Lipinski definition) is 3. The molecule has 3 amide bonds. The van der Waals surface area contributed by atoms with Gasteiger partial charge in [-0.15, -0.1) is 0 Å². The van der Waals surface area contributed by atoms with Gasteiger partial charge in [-0.2, -0.15) is 0 Å². The van der Waals surface area contributed by atoms with E-state index in [0.717, 1.165) is 5.56 Å². The summed E-state index contributed by atoms with van der Waals surface area (Å²) in [5.41, 5.74) is 1.63. The topological polar surface area (TPSA) is 57.7 Å². The number of imide groups is 1. The van der Waals surface area contributed by atoms with E-state index in [-0.39, 0.29) is 29.7 Å². The molecule has 122 valence electrons. The molecule has 2 aliphatic heterocycles. The number of likely N-dealkylation sites (tertiary alicyclic amines) is 2. The largest absolute Gasteiger partial charge is 0.337 e. The quantitative estimate of drug-likeness (QED) is 0.445. The van der Waals surface area contributed by atoms with E-state index in [1.807, 2.05) is 42.5 Å². The maximum Gasteiger partial charge on any atom is 0.250 e. The van der Waals surface area contributed by atoms with Crippen LogP contribution in [0.25, 0.3) is 6.08 Å². The van der Waals surface area contributed by atoms with E-state index in [1.54, 1.807) is 18.0 Å². The number of nitrogens with zero attached hydrogens (tertiary/aromatic N) is 2. The van der Waals surface area contributed by atoms with Gasteiger partial charge in [0.05, 0.1) is 17.9 Å². The fraction of sp³-hybridized carbons (Fsp3) is 0.316. The number of benzene rings is 1. The molecule has 5 heteroatoms. The Bertz CT molecular complexity index is 796. The van der Waals surface area contributed by atoms with Gasteiger partial charge in [-0.1, -0.05) is 42.5 Å². The lowest BCUT2D eigenvalue weighted by Gasteiger charge is -2.32. The SMILES string of the molecule is CN1C(=O)[C@@H]2[C@H]3[C@@H](C=C[C@@H]2C1=O)/C(=C/c1ccccc1)C(=O)N3C. The van der Waals surface area contributed by atoms with Gasteiger partial charge >= 0.3 is 0 Å². The number of fused-ring (bicyclic) bond motifs is 3. The zero-order valence-corrected chi connectivity index (χ0v) is 13.5. The number of carbonyl (C=O) groups is 3. The third kappa shape index (κ3) is 1.90. The summed E-state index contributed by atoms with van der Waals surface area (Å²) < 4.78 is 0. The summed E-state index contributed by atoms with van der Waals surface area (Å²) in [5, 5.41) is 0. The highest BCUT2D eigenvalue weighted by Gasteiger charge is 2.57. The number of carbonyl (C=O) groups excluding carboxylic acids is 3. The molecule has 4 atom stereocenters. The Labute approximate surface area is 140 Å². The minimum Gasteiger partial charge on any atom is -0.337 e. The van der Waals surface area contributed by atoms with Crippen molar-refractivity contribution in [2.24, 2.45) is 17.8 Å². The molecule has 0 aromatic heterocycles. The Kier molecular flexibility index (Phi) is 3.20. The summed E-state index contributed by atoms with van der Waals surface area (Å²) >= 11 is 0. The average molecular weight is 322 g/mol. The van der Waals surface area contributed by atoms with E-state index < -0.39 is 11.8 Å². The summed E-state index contributed by atoms with van der Waals surface area (Å²) in [7, 11) is 3.24. The van der Waals surface area contributed by atoms with Crippen molar-refractivity contribution in [2.45, 2.75) is 6.04 Å². The molecule has 0 N–H and O–H groups in total. The molecule has 2 fully saturated rings. The van der Waals surface area contributed by atoms with Crippen molar-refractivity contribution in [1.82, 2.24) is 9.80 Å². The predicted octanol–water partition coefficient (Wildman–Crippen LogP) is 1.33. The first-order chi connectivity index (χ1) is 11.5. The van der Waals surface area contributed by atoms with E-state index in [1.165, 1.54) is 11.9 Å². The molecule has 1 aromatic rings. The molecular weight excluding hydrogens is 304 g/mol. The fourth-order valence-corrected chi connectivity index (χ4v) is 4.14. The zero-order valence-electron chi connectivity index (χ0n) is 13.5. The van der Waals surface area contributed by atoms with Crippen LogP contribution in [0.1, 0.15) is 5.56 Å². The summed E-state index contributed by atoms with van der Waals surface area (Å²) in [6.07, 6.45) is 5.62. The van der Waals surface area contributed by atoms with E-state index in [0.29, 0.717) is 5.57 Å².